The molecule has 1 aliphatic rings. The van der Waals surface area contributed by atoms with E-state index in [0.717, 1.165) is 36.6 Å². The van der Waals surface area contributed by atoms with Gasteiger partial charge in [-0.05, 0) is 38.0 Å². The minimum absolute atomic E-state index is 0.148. The summed E-state index contributed by atoms with van der Waals surface area (Å²) in [6.07, 6.45) is 13.0. The van der Waals surface area contributed by atoms with E-state index in [2.05, 4.69) is 29.4 Å². The molecule has 1 aliphatic carbocycles. The summed E-state index contributed by atoms with van der Waals surface area (Å²) in [6.45, 7) is 4.44. The number of nitrogens with one attached hydrogen (secondary N) is 1. The Morgan fingerprint density at radius 1 is 1.09 bits per heavy atom. The Kier molecular flexibility index (Phi) is 8.00. The van der Waals surface area contributed by atoms with E-state index in [4.69, 9.17) is 0 Å². The first-order valence-corrected chi connectivity index (χ1v) is 10.2. The highest BCUT2D eigenvalue weighted by molar-refractivity contribution is 7.15. The largest absolute Gasteiger partial charge is 0.300 e. The summed E-state index contributed by atoms with van der Waals surface area (Å²) >= 11 is 1.53. The molecule has 1 amide bonds. The van der Waals surface area contributed by atoms with Crippen LogP contribution in [0, 0.1) is 11.8 Å². The van der Waals surface area contributed by atoms with Gasteiger partial charge in [-0.25, -0.2) is 0 Å². The molecule has 0 saturated heterocycles. The van der Waals surface area contributed by atoms with Gasteiger partial charge in [0.1, 0.15) is 5.01 Å². The third-order valence-corrected chi connectivity index (χ3v) is 5.77. The van der Waals surface area contributed by atoms with Crippen LogP contribution in [-0.4, -0.2) is 16.1 Å². The Bertz CT molecular complexity index is 467. The molecule has 1 N–H and O–H groups in total. The summed E-state index contributed by atoms with van der Waals surface area (Å²) in [5.74, 6) is 1.15. The third kappa shape index (κ3) is 6.21. The number of amides is 1. The maximum Gasteiger partial charge on any atom is 0.229 e. The molecule has 0 aromatic carbocycles. The summed E-state index contributed by atoms with van der Waals surface area (Å²) in [4.78, 5) is 12.4. The van der Waals surface area contributed by atoms with Crippen LogP contribution in [0.2, 0.25) is 0 Å². The highest BCUT2D eigenvalue weighted by Crippen LogP contribution is 2.32. The van der Waals surface area contributed by atoms with Gasteiger partial charge in [0.2, 0.25) is 11.0 Å². The molecule has 1 fully saturated rings. The Morgan fingerprint density at radius 3 is 2.52 bits per heavy atom. The van der Waals surface area contributed by atoms with Crippen molar-refractivity contribution in [3.8, 4) is 0 Å². The van der Waals surface area contributed by atoms with Crippen molar-refractivity contribution in [3.05, 3.63) is 5.01 Å². The molecule has 1 heterocycles. The molecule has 0 atom stereocenters. The van der Waals surface area contributed by atoms with Gasteiger partial charge in [0.25, 0.3) is 0 Å². The molecule has 4 nitrogen and oxygen atoms in total. The van der Waals surface area contributed by atoms with Gasteiger partial charge in [-0.3, -0.25) is 4.79 Å². The van der Waals surface area contributed by atoms with Gasteiger partial charge in [-0.1, -0.05) is 57.3 Å². The van der Waals surface area contributed by atoms with Gasteiger partial charge in [0, 0.05) is 12.3 Å². The SMILES string of the molecule is CCCCCc1nnc(NC(=O)C2CCC(CCCC)CC2)s1. The molecule has 0 bridgehead atoms. The monoisotopic (exact) mass is 337 g/mol. The fourth-order valence-electron chi connectivity index (χ4n) is 3.34. The molecular formula is C18H31N3OS. The van der Waals surface area contributed by atoms with Crippen molar-refractivity contribution in [2.75, 3.05) is 5.32 Å². The zero-order valence-electron chi connectivity index (χ0n) is 14.6. The Hall–Kier alpha value is -0.970. The number of rotatable bonds is 9. The Labute approximate surface area is 144 Å². The lowest BCUT2D eigenvalue weighted by atomic mass is 9.79. The average Bonchev–Trinajstić information content (AvgIpc) is 3.01. The molecule has 130 valence electrons. The predicted octanol–water partition coefficient (Wildman–Crippen LogP) is 5.21. The highest BCUT2D eigenvalue weighted by atomic mass is 32.1. The van der Waals surface area contributed by atoms with Crippen LogP contribution in [0.5, 0.6) is 0 Å². The number of carbonyl (C=O) groups is 1. The van der Waals surface area contributed by atoms with E-state index in [0.29, 0.717) is 5.13 Å². The van der Waals surface area contributed by atoms with E-state index in [1.165, 1.54) is 56.3 Å². The Balaban J connectivity index is 1.72. The van der Waals surface area contributed by atoms with Crippen LogP contribution < -0.4 is 5.32 Å². The van der Waals surface area contributed by atoms with Crippen LogP contribution >= 0.6 is 11.3 Å². The van der Waals surface area contributed by atoms with Crippen molar-refractivity contribution in [1.29, 1.82) is 0 Å². The molecule has 2 rings (SSSR count). The van der Waals surface area contributed by atoms with Gasteiger partial charge >= 0.3 is 0 Å². The summed E-state index contributed by atoms with van der Waals surface area (Å²) < 4.78 is 0. The Morgan fingerprint density at radius 2 is 1.83 bits per heavy atom. The summed E-state index contributed by atoms with van der Waals surface area (Å²) in [5, 5.41) is 13.0. The maximum atomic E-state index is 12.4. The van der Waals surface area contributed by atoms with Gasteiger partial charge in [0.05, 0.1) is 0 Å². The normalized spacial score (nSPS) is 21.3. The molecule has 23 heavy (non-hydrogen) atoms. The van der Waals surface area contributed by atoms with Crippen LogP contribution in [0.3, 0.4) is 0 Å². The number of anilines is 1. The van der Waals surface area contributed by atoms with Crippen molar-refractivity contribution in [2.24, 2.45) is 11.8 Å². The predicted molar refractivity (Wildman–Crippen MR) is 96.7 cm³/mol. The van der Waals surface area contributed by atoms with Crippen molar-refractivity contribution in [3.63, 3.8) is 0 Å². The minimum Gasteiger partial charge on any atom is -0.300 e. The molecule has 0 radical (unpaired) electrons. The zero-order valence-corrected chi connectivity index (χ0v) is 15.5. The molecule has 0 unspecified atom stereocenters. The molecule has 0 spiro atoms. The number of aryl methyl sites for hydroxylation is 1. The van der Waals surface area contributed by atoms with E-state index >= 15 is 0 Å². The first kappa shape index (κ1) is 18.4. The van der Waals surface area contributed by atoms with Crippen molar-refractivity contribution < 1.29 is 4.79 Å². The fourth-order valence-corrected chi connectivity index (χ4v) is 4.13. The zero-order chi connectivity index (χ0) is 16.5. The van der Waals surface area contributed by atoms with Gasteiger partial charge in [0.15, 0.2) is 0 Å². The standard InChI is InChI=1S/C18H31N3OS/c1-3-5-7-9-16-20-21-18(23-16)19-17(22)15-12-10-14(11-13-15)8-6-4-2/h14-15H,3-13H2,1-2H3,(H,19,21,22). The lowest BCUT2D eigenvalue weighted by molar-refractivity contribution is -0.121. The van der Waals surface area contributed by atoms with E-state index in [9.17, 15) is 4.79 Å². The number of carbonyl (C=O) groups excluding carboxylic acids is 1. The molecule has 1 aromatic rings. The van der Waals surface area contributed by atoms with Gasteiger partial charge < -0.3 is 5.32 Å². The van der Waals surface area contributed by atoms with Gasteiger partial charge in [-0.2, -0.15) is 0 Å². The van der Waals surface area contributed by atoms with Crippen LogP contribution in [0.25, 0.3) is 0 Å². The number of aromatic nitrogens is 2. The van der Waals surface area contributed by atoms with Gasteiger partial charge in [-0.15, -0.1) is 10.2 Å². The number of hydrogen-bond acceptors (Lipinski definition) is 4. The molecule has 5 heteroatoms. The lowest BCUT2D eigenvalue weighted by Crippen LogP contribution is -2.27. The molecule has 1 aromatic heterocycles. The van der Waals surface area contributed by atoms with Crippen LogP contribution in [-0.2, 0) is 11.2 Å². The van der Waals surface area contributed by atoms with E-state index in [1.54, 1.807) is 0 Å². The quantitative estimate of drug-likeness (QED) is 0.630. The van der Waals surface area contributed by atoms with Crippen LogP contribution in [0.1, 0.15) is 83.1 Å². The second-order valence-electron chi connectivity index (χ2n) is 6.81. The first-order chi connectivity index (χ1) is 11.2. The van der Waals surface area contributed by atoms with E-state index in [1.807, 2.05) is 0 Å². The average molecular weight is 338 g/mol. The number of unbranched alkanes of at least 4 members (excludes halogenated alkanes) is 3. The van der Waals surface area contributed by atoms with Crippen LogP contribution in [0.4, 0.5) is 5.13 Å². The molecular weight excluding hydrogens is 306 g/mol. The highest BCUT2D eigenvalue weighted by Gasteiger charge is 2.26. The van der Waals surface area contributed by atoms with Crippen molar-refractivity contribution >= 4 is 22.4 Å². The summed E-state index contributed by atoms with van der Waals surface area (Å²) in [6, 6.07) is 0. The summed E-state index contributed by atoms with van der Waals surface area (Å²) in [5.41, 5.74) is 0. The topological polar surface area (TPSA) is 54.9 Å². The third-order valence-electron chi connectivity index (χ3n) is 4.87. The van der Waals surface area contributed by atoms with Crippen molar-refractivity contribution in [2.45, 2.75) is 84.5 Å². The second-order valence-corrected chi connectivity index (χ2v) is 7.87. The lowest BCUT2D eigenvalue weighted by Gasteiger charge is -2.27. The number of nitrogens with zero attached hydrogens (tertiary/aromatic N) is 2. The summed E-state index contributed by atoms with van der Waals surface area (Å²) in [7, 11) is 0. The number of hydrogen-bond donors (Lipinski definition) is 1. The fraction of sp³-hybridized carbons (Fsp3) is 0.833. The minimum atomic E-state index is 0.148. The maximum absolute atomic E-state index is 12.4. The first-order valence-electron chi connectivity index (χ1n) is 9.36. The smallest absolute Gasteiger partial charge is 0.229 e. The van der Waals surface area contributed by atoms with Crippen molar-refractivity contribution in [1.82, 2.24) is 10.2 Å². The van der Waals surface area contributed by atoms with E-state index < -0.39 is 0 Å². The van der Waals surface area contributed by atoms with E-state index in [-0.39, 0.29) is 11.8 Å². The van der Waals surface area contributed by atoms with Crippen LogP contribution in [0.15, 0.2) is 0 Å². The molecule has 1 saturated carbocycles. The molecule has 0 aliphatic heterocycles. The second kappa shape index (κ2) is 10.0.